The fraction of sp³-hybridized carbons (Fsp3) is 0.556. The smallest absolute Gasteiger partial charge is 0.331 e. The zero-order valence-corrected chi connectivity index (χ0v) is 14.4. The molecule has 0 spiro atoms. The highest BCUT2D eigenvalue weighted by Gasteiger charge is 2.15. The Hall–Kier alpha value is -1.92. The van der Waals surface area contributed by atoms with Crippen LogP contribution in [0.4, 0.5) is 0 Å². The van der Waals surface area contributed by atoms with E-state index in [9.17, 15) is 9.59 Å². The van der Waals surface area contributed by atoms with Gasteiger partial charge in [-0.3, -0.25) is 18.8 Å². The number of hydrogen-bond acceptors (Lipinski definition) is 4. The van der Waals surface area contributed by atoms with E-state index in [0.29, 0.717) is 44.2 Å². The average molecular weight is 331 g/mol. The van der Waals surface area contributed by atoms with Crippen molar-refractivity contribution in [2.24, 2.45) is 5.92 Å². The van der Waals surface area contributed by atoms with Crippen LogP contribution in [0.1, 0.15) is 13.8 Å². The lowest BCUT2D eigenvalue weighted by Crippen LogP contribution is -2.45. The Morgan fingerprint density at radius 2 is 1.75 bits per heavy atom. The quantitative estimate of drug-likeness (QED) is 0.825. The molecule has 2 heterocycles. The third-order valence-corrected chi connectivity index (χ3v) is 4.42. The maximum Gasteiger partial charge on any atom is 0.331 e. The Labute approximate surface area is 141 Å². The summed E-state index contributed by atoms with van der Waals surface area (Å²) in [5.41, 5.74) is 0.327. The highest BCUT2D eigenvalue weighted by molar-refractivity contribution is 5.77. The summed E-state index contributed by atoms with van der Waals surface area (Å²) in [7, 11) is 0. The summed E-state index contributed by atoms with van der Waals surface area (Å²) < 4.78 is 8.47. The van der Waals surface area contributed by atoms with Crippen LogP contribution in [-0.4, -0.2) is 46.9 Å². The highest BCUT2D eigenvalue weighted by atomic mass is 16.5. The van der Waals surface area contributed by atoms with Crippen LogP contribution in [0.2, 0.25) is 0 Å². The lowest BCUT2D eigenvalue weighted by molar-refractivity contribution is 0.0361. The Kier molecular flexibility index (Phi) is 5.16. The van der Waals surface area contributed by atoms with Gasteiger partial charge in [-0.2, -0.15) is 0 Å². The molecule has 0 unspecified atom stereocenters. The largest absolute Gasteiger partial charge is 0.379 e. The van der Waals surface area contributed by atoms with Gasteiger partial charge in [-0.1, -0.05) is 26.0 Å². The summed E-state index contributed by atoms with van der Waals surface area (Å²) in [5.74, 6) is 0.330. The van der Waals surface area contributed by atoms with Crippen molar-refractivity contribution in [1.29, 1.82) is 0 Å². The SMILES string of the molecule is CC(C)Cn1c(=O)n(CCN2CCOCC2)c(=O)c2ccccc21. The van der Waals surface area contributed by atoms with Crippen LogP contribution < -0.4 is 11.2 Å². The van der Waals surface area contributed by atoms with Gasteiger partial charge in [-0.15, -0.1) is 0 Å². The summed E-state index contributed by atoms with van der Waals surface area (Å²) >= 11 is 0. The number of rotatable bonds is 5. The van der Waals surface area contributed by atoms with Gasteiger partial charge in [0.15, 0.2) is 0 Å². The van der Waals surface area contributed by atoms with Crippen LogP contribution in [0.3, 0.4) is 0 Å². The molecular weight excluding hydrogens is 306 g/mol. The number of aromatic nitrogens is 2. The zero-order chi connectivity index (χ0) is 17.1. The van der Waals surface area contributed by atoms with Gasteiger partial charge in [0.1, 0.15) is 0 Å². The molecule has 1 aromatic carbocycles. The Balaban J connectivity index is 2.00. The van der Waals surface area contributed by atoms with E-state index in [1.807, 2.05) is 18.2 Å². The molecule has 0 aliphatic carbocycles. The number of morpholine rings is 1. The van der Waals surface area contributed by atoms with Gasteiger partial charge >= 0.3 is 5.69 Å². The molecule has 0 atom stereocenters. The maximum absolute atomic E-state index is 12.9. The van der Waals surface area contributed by atoms with E-state index in [1.165, 1.54) is 4.57 Å². The molecule has 1 aromatic heterocycles. The first-order chi connectivity index (χ1) is 11.6. The van der Waals surface area contributed by atoms with Crippen LogP contribution in [0.15, 0.2) is 33.9 Å². The topological polar surface area (TPSA) is 56.5 Å². The van der Waals surface area contributed by atoms with Crippen molar-refractivity contribution in [3.05, 3.63) is 45.1 Å². The van der Waals surface area contributed by atoms with Crippen molar-refractivity contribution >= 4 is 10.9 Å². The molecule has 1 aliphatic heterocycles. The molecule has 2 aromatic rings. The molecule has 0 N–H and O–H groups in total. The first-order valence-electron chi connectivity index (χ1n) is 8.60. The molecular formula is C18H25N3O3. The van der Waals surface area contributed by atoms with E-state index in [2.05, 4.69) is 18.7 Å². The fourth-order valence-corrected chi connectivity index (χ4v) is 3.18. The molecule has 1 fully saturated rings. The van der Waals surface area contributed by atoms with Crippen molar-refractivity contribution in [2.45, 2.75) is 26.9 Å². The third kappa shape index (κ3) is 3.44. The molecule has 0 radical (unpaired) electrons. The average Bonchev–Trinajstić information content (AvgIpc) is 2.59. The van der Waals surface area contributed by atoms with E-state index in [-0.39, 0.29) is 11.2 Å². The molecule has 1 saturated heterocycles. The standard InChI is InChI=1S/C18H25N3O3/c1-14(2)13-21-16-6-4-3-5-15(16)17(22)20(18(21)23)8-7-19-9-11-24-12-10-19/h3-6,14H,7-13H2,1-2H3. The predicted octanol–water partition coefficient (Wildman–Crippen LogP) is 1.15. The van der Waals surface area contributed by atoms with Crippen molar-refractivity contribution in [3.8, 4) is 0 Å². The lowest BCUT2D eigenvalue weighted by atomic mass is 10.2. The Morgan fingerprint density at radius 3 is 2.46 bits per heavy atom. The summed E-state index contributed by atoms with van der Waals surface area (Å²) in [5, 5.41) is 0.611. The van der Waals surface area contributed by atoms with E-state index in [0.717, 1.165) is 18.6 Å². The molecule has 0 saturated carbocycles. The zero-order valence-electron chi connectivity index (χ0n) is 14.4. The number of hydrogen-bond donors (Lipinski definition) is 0. The van der Waals surface area contributed by atoms with Gasteiger partial charge in [0, 0.05) is 32.7 Å². The number of benzene rings is 1. The predicted molar refractivity (Wildman–Crippen MR) is 94.6 cm³/mol. The Morgan fingerprint density at radius 1 is 1.04 bits per heavy atom. The molecule has 1 aliphatic rings. The fourth-order valence-electron chi connectivity index (χ4n) is 3.18. The Bertz CT molecular complexity index is 816. The van der Waals surface area contributed by atoms with Gasteiger partial charge < -0.3 is 4.74 Å². The van der Waals surface area contributed by atoms with Gasteiger partial charge in [-0.05, 0) is 18.1 Å². The third-order valence-electron chi connectivity index (χ3n) is 4.42. The minimum absolute atomic E-state index is 0.191. The number of fused-ring (bicyclic) bond motifs is 1. The van der Waals surface area contributed by atoms with E-state index >= 15 is 0 Å². The number of para-hydroxylation sites is 1. The highest BCUT2D eigenvalue weighted by Crippen LogP contribution is 2.09. The molecule has 0 bridgehead atoms. The second kappa shape index (κ2) is 7.32. The molecule has 24 heavy (non-hydrogen) atoms. The van der Waals surface area contributed by atoms with Crippen LogP contribution in [0, 0.1) is 5.92 Å². The molecule has 130 valence electrons. The number of ether oxygens (including phenoxy) is 1. The monoisotopic (exact) mass is 331 g/mol. The molecule has 6 nitrogen and oxygen atoms in total. The van der Waals surface area contributed by atoms with Gasteiger partial charge in [-0.25, -0.2) is 4.79 Å². The van der Waals surface area contributed by atoms with Crippen LogP contribution >= 0.6 is 0 Å². The van der Waals surface area contributed by atoms with E-state index in [1.54, 1.807) is 10.6 Å². The van der Waals surface area contributed by atoms with E-state index < -0.39 is 0 Å². The van der Waals surface area contributed by atoms with Crippen LogP contribution in [-0.2, 0) is 17.8 Å². The minimum Gasteiger partial charge on any atom is -0.379 e. The van der Waals surface area contributed by atoms with Crippen LogP contribution in [0.25, 0.3) is 10.9 Å². The maximum atomic E-state index is 12.9. The second-order valence-corrected chi connectivity index (χ2v) is 6.71. The van der Waals surface area contributed by atoms with Crippen molar-refractivity contribution in [2.75, 3.05) is 32.8 Å². The second-order valence-electron chi connectivity index (χ2n) is 6.71. The van der Waals surface area contributed by atoms with Crippen molar-refractivity contribution in [3.63, 3.8) is 0 Å². The lowest BCUT2D eigenvalue weighted by Gasteiger charge is -2.26. The first kappa shape index (κ1) is 16.9. The normalized spacial score (nSPS) is 16.1. The molecule has 0 amide bonds. The summed E-state index contributed by atoms with van der Waals surface area (Å²) in [6, 6.07) is 7.38. The number of nitrogens with zero attached hydrogens (tertiary/aromatic N) is 3. The summed E-state index contributed by atoms with van der Waals surface area (Å²) in [6.45, 7) is 8.99. The molecule has 6 heteroatoms. The minimum atomic E-state index is -0.208. The van der Waals surface area contributed by atoms with E-state index in [4.69, 9.17) is 4.74 Å². The van der Waals surface area contributed by atoms with Crippen molar-refractivity contribution < 1.29 is 4.74 Å². The van der Waals surface area contributed by atoms with Gasteiger partial charge in [0.25, 0.3) is 5.56 Å². The van der Waals surface area contributed by atoms with Crippen LogP contribution in [0.5, 0.6) is 0 Å². The first-order valence-corrected chi connectivity index (χ1v) is 8.60. The summed E-state index contributed by atoms with van der Waals surface area (Å²) in [4.78, 5) is 27.9. The van der Waals surface area contributed by atoms with Crippen molar-refractivity contribution in [1.82, 2.24) is 14.0 Å². The van der Waals surface area contributed by atoms with Gasteiger partial charge in [0.2, 0.25) is 0 Å². The van der Waals surface area contributed by atoms with Gasteiger partial charge in [0.05, 0.1) is 24.1 Å². The molecule has 3 rings (SSSR count). The summed E-state index contributed by atoms with van der Waals surface area (Å²) in [6.07, 6.45) is 0.